The molecule has 2 atom stereocenters. The summed E-state index contributed by atoms with van der Waals surface area (Å²) in [6.07, 6.45) is 5.33. The molecule has 0 fully saturated rings. The highest BCUT2D eigenvalue weighted by Crippen LogP contribution is 2.38. The lowest BCUT2D eigenvalue weighted by Gasteiger charge is -2.34. The van der Waals surface area contributed by atoms with Gasteiger partial charge in [0.05, 0.1) is 5.92 Å². The van der Waals surface area contributed by atoms with Gasteiger partial charge in [0.25, 0.3) is 0 Å². The van der Waals surface area contributed by atoms with E-state index in [1.54, 1.807) is 0 Å². The van der Waals surface area contributed by atoms with Crippen LogP contribution in [0.4, 0.5) is 0 Å². The second kappa shape index (κ2) is 6.61. The smallest absolute Gasteiger partial charge is 0.230 e. The first-order valence-corrected chi connectivity index (χ1v) is 8.56. The maximum Gasteiger partial charge on any atom is 0.230 e. The van der Waals surface area contributed by atoms with Crippen LogP contribution in [0.25, 0.3) is 16.5 Å². The predicted molar refractivity (Wildman–Crippen MR) is 100 cm³/mol. The zero-order valence-electron chi connectivity index (χ0n) is 14.1. The van der Waals surface area contributed by atoms with Crippen molar-refractivity contribution < 1.29 is 4.79 Å². The minimum atomic E-state index is -0.0584. The summed E-state index contributed by atoms with van der Waals surface area (Å²) in [5, 5.41) is 4.93. The van der Waals surface area contributed by atoms with Gasteiger partial charge in [0.2, 0.25) is 5.91 Å². The van der Waals surface area contributed by atoms with Gasteiger partial charge in [-0.15, -0.1) is 12.4 Å². The number of nitrogens with one attached hydrogen (secondary N) is 2. The van der Waals surface area contributed by atoms with Crippen LogP contribution in [0.2, 0.25) is 0 Å². The SMILES string of the molecule is CCN(CC)C(=O)C1C=C2c3cccc4[nH]cc(c34)CC2NC1.Cl. The van der Waals surface area contributed by atoms with Gasteiger partial charge in [-0.1, -0.05) is 18.2 Å². The zero-order chi connectivity index (χ0) is 16.0. The lowest BCUT2D eigenvalue weighted by Crippen LogP contribution is -2.46. The Hall–Kier alpha value is -1.78. The van der Waals surface area contributed by atoms with E-state index in [4.69, 9.17) is 0 Å². The van der Waals surface area contributed by atoms with Crippen molar-refractivity contribution in [3.8, 4) is 0 Å². The number of fused-ring (bicyclic) bond motifs is 2. The molecule has 0 saturated heterocycles. The third-order valence-corrected chi connectivity index (χ3v) is 5.26. The van der Waals surface area contributed by atoms with Crippen molar-refractivity contribution in [2.45, 2.75) is 26.3 Å². The van der Waals surface area contributed by atoms with Crippen LogP contribution >= 0.6 is 12.4 Å². The van der Waals surface area contributed by atoms with Crippen molar-refractivity contribution in [2.75, 3.05) is 19.6 Å². The van der Waals surface area contributed by atoms with Gasteiger partial charge >= 0.3 is 0 Å². The summed E-state index contributed by atoms with van der Waals surface area (Å²) in [4.78, 5) is 18.0. The average molecular weight is 346 g/mol. The van der Waals surface area contributed by atoms with Crippen LogP contribution in [-0.2, 0) is 11.2 Å². The lowest BCUT2D eigenvalue weighted by atomic mass is 9.80. The quantitative estimate of drug-likeness (QED) is 0.898. The molecule has 1 aromatic heterocycles. The number of carbonyl (C=O) groups excluding carboxylic acids is 1. The van der Waals surface area contributed by atoms with Crippen LogP contribution in [0.5, 0.6) is 0 Å². The normalized spacial score (nSPS) is 21.7. The van der Waals surface area contributed by atoms with E-state index in [0.717, 1.165) is 26.1 Å². The van der Waals surface area contributed by atoms with E-state index >= 15 is 0 Å². The van der Waals surface area contributed by atoms with Crippen molar-refractivity contribution >= 4 is 34.8 Å². The molecule has 2 unspecified atom stereocenters. The van der Waals surface area contributed by atoms with Crippen LogP contribution < -0.4 is 5.32 Å². The van der Waals surface area contributed by atoms with Crippen LogP contribution in [0.15, 0.2) is 30.5 Å². The van der Waals surface area contributed by atoms with E-state index in [0.29, 0.717) is 6.04 Å². The Morgan fingerprint density at radius 2 is 2.08 bits per heavy atom. The van der Waals surface area contributed by atoms with Crippen LogP contribution in [0, 0.1) is 5.92 Å². The van der Waals surface area contributed by atoms with Gasteiger partial charge in [-0.2, -0.15) is 0 Å². The maximum absolute atomic E-state index is 12.7. The third kappa shape index (κ3) is 2.54. The monoisotopic (exact) mass is 345 g/mol. The Balaban J connectivity index is 0.00000169. The molecule has 5 heteroatoms. The Labute approximate surface area is 148 Å². The zero-order valence-corrected chi connectivity index (χ0v) is 15.0. The van der Waals surface area contributed by atoms with Crippen LogP contribution in [0.3, 0.4) is 0 Å². The topological polar surface area (TPSA) is 48.1 Å². The number of benzene rings is 1. The largest absolute Gasteiger partial charge is 0.361 e. The second-order valence-electron chi connectivity index (χ2n) is 6.45. The molecule has 0 radical (unpaired) electrons. The fraction of sp³-hybridized carbons (Fsp3) is 0.421. The predicted octanol–water partition coefficient (Wildman–Crippen LogP) is 2.99. The summed E-state index contributed by atoms with van der Waals surface area (Å²) in [5.41, 5.74) is 5.13. The number of aromatic amines is 1. The second-order valence-corrected chi connectivity index (χ2v) is 6.45. The molecule has 1 aromatic carbocycles. The van der Waals surface area contributed by atoms with Gasteiger partial charge in [-0.25, -0.2) is 0 Å². The Morgan fingerprint density at radius 3 is 2.83 bits per heavy atom. The molecule has 0 spiro atoms. The Morgan fingerprint density at radius 1 is 1.29 bits per heavy atom. The van der Waals surface area contributed by atoms with Gasteiger partial charge in [0.15, 0.2) is 0 Å². The molecule has 2 aromatic rings. The molecule has 1 amide bonds. The van der Waals surface area contributed by atoms with E-state index in [1.807, 2.05) is 18.7 Å². The number of halogens is 1. The van der Waals surface area contributed by atoms with E-state index < -0.39 is 0 Å². The fourth-order valence-electron chi connectivity index (χ4n) is 4.04. The third-order valence-electron chi connectivity index (χ3n) is 5.26. The van der Waals surface area contributed by atoms with Gasteiger partial charge in [0, 0.05) is 42.8 Å². The number of amides is 1. The number of hydrogen-bond donors (Lipinski definition) is 2. The van der Waals surface area contributed by atoms with E-state index in [9.17, 15) is 4.79 Å². The molecule has 0 bridgehead atoms. The van der Waals surface area contributed by atoms with E-state index in [-0.39, 0.29) is 24.2 Å². The summed E-state index contributed by atoms with van der Waals surface area (Å²) in [7, 11) is 0. The molecule has 0 saturated carbocycles. The molecular weight excluding hydrogens is 322 g/mol. The summed E-state index contributed by atoms with van der Waals surface area (Å²) < 4.78 is 0. The first kappa shape index (κ1) is 17.1. The average Bonchev–Trinajstić information content (AvgIpc) is 3.00. The number of aromatic nitrogens is 1. The number of hydrogen-bond acceptors (Lipinski definition) is 2. The van der Waals surface area contributed by atoms with Crippen molar-refractivity contribution in [3.05, 3.63) is 41.6 Å². The fourth-order valence-corrected chi connectivity index (χ4v) is 4.04. The summed E-state index contributed by atoms with van der Waals surface area (Å²) in [6, 6.07) is 6.73. The van der Waals surface area contributed by atoms with Crippen molar-refractivity contribution in [1.82, 2.24) is 15.2 Å². The van der Waals surface area contributed by atoms with Crippen LogP contribution in [0.1, 0.15) is 25.0 Å². The molecule has 4 rings (SSSR count). The molecule has 2 N–H and O–H groups in total. The number of carbonyl (C=O) groups is 1. The molecule has 4 nitrogen and oxygen atoms in total. The molecule has 1 aliphatic carbocycles. The molecule has 1 aliphatic heterocycles. The molecule has 2 aliphatic rings. The minimum absolute atomic E-state index is 0. The molecule has 24 heavy (non-hydrogen) atoms. The highest BCUT2D eigenvalue weighted by atomic mass is 35.5. The maximum atomic E-state index is 12.7. The number of nitrogens with zero attached hydrogens (tertiary/aromatic N) is 1. The number of rotatable bonds is 3. The lowest BCUT2D eigenvalue weighted by molar-refractivity contribution is -0.133. The summed E-state index contributed by atoms with van der Waals surface area (Å²) in [5.74, 6) is 0.178. The van der Waals surface area contributed by atoms with Gasteiger partial charge in [-0.3, -0.25) is 4.79 Å². The Bertz CT molecular complexity index is 791. The van der Waals surface area contributed by atoms with Gasteiger partial charge in [0.1, 0.15) is 0 Å². The minimum Gasteiger partial charge on any atom is -0.361 e. The summed E-state index contributed by atoms with van der Waals surface area (Å²) in [6.45, 7) is 6.37. The van der Waals surface area contributed by atoms with E-state index in [1.165, 1.54) is 27.6 Å². The van der Waals surface area contributed by atoms with Crippen molar-refractivity contribution in [3.63, 3.8) is 0 Å². The highest BCUT2D eigenvalue weighted by Gasteiger charge is 2.33. The van der Waals surface area contributed by atoms with E-state index in [2.05, 4.69) is 40.8 Å². The standard InChI is InChI=1S/C19H23N3O.ClH/c1-3-22(4-2)19(23)13-8-15-14-6-5-7-16-18(14)12(10-20-16)9-17(15)21-11-13;/h5-8,10,13,17,20-21H,3-4,9,11H2,1-2H3;1H. The van der Waals surface area contributed by atoms with Gasteiger partial charge < -0.3 is 15.2 Å². The molecule has 2 heterocycles. The molecular formula is C19H24ClN3O. The highest BCUT2D eigenvalue weighted by molar-refractivity contribution is 5.99. The first-order chi connectivity index (χ1) is 11.2. The van der Waals surface area contributed by atoms with Crippen molar-refractivity contribution in [1.29, 1.82) is 0 Å². The van der Waals surface area contributed by atoms with Gasteiger partial charge in [-0.05, 0) is 43.0 Å². The van der Waals surface area contributed by atoms with Crippen LogP contribution in [-0.4, -0.2) is 41.5 Å². The Kier molecular flexibility index (Phi) is 4.70. The number of H-pyrrole nitrogens is 1. The summed E-state index contributed by atoms with van der Waals surface area (Å²) >= 11 is 0. The molecule has 128 valence electrons. The van der Waals surface area contributed by atoms with Crippen molar-refractivity contribution in [2.24, 2.45) is 5.92 Å². The first-order valence-electron chi connectivity index (χ1n) is 8.56.